The molecule has 0 spiro atoms. The fourth-order valence-electron chi connectivity index (χ4n) is 1.18. The summed E-state index contributed by atoms with van der Waals surface area (Å²) in [6.07, 6.45) is -0.892. The Labute approximate surface area is 103 Å². The van der Waals surface area contributed by atoms with Gasteiger partial charge in [0, 0.05) is 5.69 Å². The monoisotopic (exact) mass is 257 g/mol. The van der Waals surface area contributed by atoms with Crippen LogP contribution in [0, 0.1) is 0 Å². The van der Waals surface area contributed by atoms with Crippen molar-refractivity contribution in [1.29, 1.82) is 0 Å². The Bertz CT molecular complexity index is 417. The second kappa shape index (κ2) is 5.95. The molecule has 0 fully saturated rings. The zero-order chi connectivity index (χ0) is 12.8. The van der Waals surface area contributed by atoms with E-state index in [1.54, 1.807) is 18.2 Å². The molecule has 0 unspecified atom stereocenters. The standard InChI is InChI=1S/C10H12ClN3O3/c11-6-2-1-3-7(12)8(6)9(15)14-4-5-17-10(13)16/h1-3H,4-5,12H2,(H2,13,16)(H,14,15). The van der Waals surface area contributed by atoms with Crippen molar-refractivity contribution in [1.82, 2.24) is 5.32 Å². The number of carbonyl (C=O) groups is 2. The number of hydrogen-bond acceptors (Lipinski definition) is 4. The summed E-state index contributed by atoms with van der Waals surface area (Å²) in [4.78, 5) is 22.0. The Kier molecular flexibility index (Phi) is 4.59. The van der Waals surface area contributed by atoms with Crippen LogP contribution >= 0.6 is 11.6 Å². The number of nitrogens with one attached hydrogen (secondary N) is 1. The maximum Gasteiger partial charge on any atom is 0.404 e. The highest BCUT2D eigenvalue weighted by Crippen LogP contribution is 2.21. The van der Waals surface area contributed by atoms with E-state index in [4.69, 9.17) is 23.1 Å². The van der Waals surface area contributed by atoms with Gasteiger partial charge in [-0.25, -0.2) is 4.79 Å². The van der Waals surface area contributed by atoms with Crippen LogP contribution in [0.15, 0.2) is 18.2 Å². The number of ether oxygens (including phenoxy) is 1. The van der Waals surface area contributed by atoms with Gasteiger partial charge in [0.15, 0.2) is 0 Å². The summed E-state index contributed by atoms with van der Waals surface area (Å²) in [5.41, 5.74) is 10.9. The maximum absolute atomic E-state index is 11.7. The fraction of sp³-hybridized carbons (Fsp3) is 0.200. The molecule has 0 aromatic heterocycles. The van der Waals surface area contributed by atoms with Crippen LogP contribution in [0.3, 0.4) is 0 Å². The summed E-state index contributed by atoms with van der Waals surface area (Å²) in [6.45, 7) is 0.123. The average molecular weight is 258 g/mol. The first-order chi connectivity index (χ1) is 8.02. The van der Waals surface area contributed by atoms with Gasteiger partial charge in [0.25, 0.3) is 5.91 Å². The molecule has 1 aromatic rings. The third-order valence-electron chi connectivity index (χ3n) is 1.90. The van der Waals surface area contributed by atoms with Crippen molar-refractivity contribution in [2.24, 2.45) is 5.73 Å². The lowest BCUT2D eigenvalue weighted by molar-refractivity contribution is 0.0938. The second-order valence-electron chi connectivity index (χ2n) is 3.13. The molecule has 0 radical (unpaired) electrons. The van der Waals surface area contributed by atoms with Crippen molar-refractivity contribution in [3.05, 3.63) is 28.8 Å². The van der Waals surface area contributed by atoms with Crippen LogP contribution in [0.2, 0.25) is 5.02 Å². The van der Waals surface area contributed by atoms with Crippen LogP contribution in [0.1, 0.15) is 10.4 Å². The zero-order valence-electron chi connectivity index (χ0n) is 8.90. The predicted octanol–water partition coefficient (Wildman–Crippen LogP) is 0.747. The van der Waals surface area contributed by atoms with Gasteiger partial charge in [-0.15, -0.1) is 0 Å². The summed E-state index contributed by atoms with van der Waals surface area (Å²) >= 11 is 5.84. The van der Waals surface area contributed by atoms with Crippen LogP contribution in [0.5, 0.6) is 0 Å². The van der Waals surface area contributed by atoms with E-state index in [2.05, 4.69) is 10.1 Å². The van der Waals surface area contributed by atoms with Crippen molar-refractivity contribution in [2.45, 2.75) is 0 Å². The van der Waals surface area contributed by atoms with E-state index in [1.165, 1.54) is 0 Å². The van der Waals surface area contributed by atoms with Crippen molar-refractivity contribution < 1.29 is 14.3 Å². The number of nitrogens with two attached hydrogens (primary N) is 2. The molecule has 0 saturated carbocycles. The van der Waals surface area contributed by atoms with Gasteiger partial charge >= 0.3 is 6.09 Å². The number of benzene rings is 1. The maximum atomic E-state index is 11.7. The Morgan fingerprint density at radius 1 is 1.41 bits per heavy atom. The minimum atomic E-state index is -0.892. The van der Waals surface area contributed by atoms with Gasteiger partial charge in [-0.1, -0.05) is 17.7 Å². The van der Waals surface area contributed by atoms with E-state index in [9.17, 15) is 9.59 Å². The van der Waals surface area contributed by atoms with Crippen LogP contribution < -0.4 is 16.8 Å². The number of hydrogen-bond donors (Lipinski definition) is 3. The zero-order valence-corrected chi connectivity index (χ0v) is 9.66. The smallest absolute Gasteiger partial charge is 0.404 e. The first kappa shape index (κ1) is 13.1. The van der Waals surface area contributed by atoms with E-state index < -0.39 is 12.0 Å². The van der Waals surface area contributed by atoms with E-state index in [0.717, 1.165) is 0 Å². The molecule has 0 heterocycles. The lowest BCUT2D eigenvalue weighted by Gasteiger charge is -2.08. The van der Waals surface area contributed by atoms with Crippen LogP contribution in [0.4, 0.5) is 10.5 Å². The van der Waals surface area contributed by atoms with Crippen LogP contribution in [-0.4, -0.2) is 25.2 Å². The number of halogens is 1. The summed E-state index contributed by atoms with van der Waals surface area (Å²) in [5, 5.41) is 2.76. The lowest BCUT2D eigenvalue weighted by Crippen LogP contribution is -2.29. The van der Waals surface area contributed by atoms with E-state index in [0.29, 0.717) is 0 Å². The second-order valence-corrected chi connectivity index (χ2v) is 3.53. The molecular weight excluding hydrogens is 246 g/mol. The SMILES string of the molecule is NC(=O)OCCNC(=O)c1c(N)cccc1Cl. The van der Waals surface area contributed by atoms with Crippen molar-refractivity contribution in [3.63, 3.8) is 0 Å². The molecule has 1 rings (SSSR count). The third-order valence-corrected chi connectivity index (χ3v) is 2.22. The van der Waals surface area contributed by atoms with E-state index in [-0.39, 0.29) is 29.4 Å². The Morgan fingerprint density at radius 2 is 2.12 bits per heavy atom. The highest BCUT2D eigenvalue weighted by molar-refractivity contribution is 6.34. The number of carbonyl (C=O) groups excluding carboxylic acids is 2. The van der Waals surface area contributed by atoms with E-state index in [1.807, 2.05) is 0 Å². The highest BCUT2D eigenvalue weighted by atomic mass is 35.5. The lowest BCUT2D eigenvalue weighted by atomic mass is 10.1. The number of nitrogen functional groups attached to an aromatic ring is 1. The minimum Gasteiger partial charge on any atom is -0.448 e. The van der Waals surface area contributed by atoms with Crippen molar-refractivity contribution >= 4 is 29.3 Å². The molecule has 5 N–H and O–H groups in total. The molecule has 0 saturated heterocycles. The Morgan fingerprint density at radius 3 is 2.71 bits per heavy atom. The van der Waals surface area contributed by atoms with Crippen LogP contribution in [-0.2, 0) is 4.74 Å². The first-order valence-electron chi connectivity index (χ1n) is 4.76. The molecule has 92 valence electrons. The largest absolute Gasteiger partial charge is 0.448 e. The molecule has 17 heavy (non-hydrogen) atoms. The average Bonchev–Trinajstić information content (AvgIpc) is 2.24. The normalized spacial score (nSPS) is 9.71. The Hall–Kier alpha value is -1.95. The Balaban J connectivity index is 2.55. The number of anilines is 1. The van der Waals surface area contributed by atoms with Crippen molar-refractivity contribution in [2.75, 3.05) is 18.9 Å². The van der Waals surface area contributed by atoms with Gasteiger partial charge in [0.2, 0.25) is 0 Å². The molecule has 6 nitrogen and oxygen atoms in total. The number of rotatable bonds is 4. The third kappa shape index (κ3) is 3.84. The molecule has 0 aliphatic rings. The molecule has 0 atom stereocenters. The molecule has 2 amide bonds. The summed E-state index contributed by atoms with van der Waals surface area (Å²) < 4.78 is 4.45. The van der Waals surface area contributed by atoms with Gasteiger partial charge in [0.05, 0.1) is 17.1 Å². The summed E-state index contributed by atoms with van der Waals surface area (Å²) in [7, 11) is 0. The first-order valence-corrected chi connectivity index (χ1v) is 5.14. The number of amides is 2. The molecule has 0 aliphatic carbocycles. The van der Waals surface area contributed by atoms with Gasteiger partial charge in [-0.3, -0.25) is 4.79 Å². The minimum absolute atomic E-state index is 0.00850. The molecular formula is C10H12ClN3O3. The summed E-state index contributed by atoms with van der Waals surface area (Å²) in [5.74, 6) is -0.429. The summed E-state index contributed by atoms with van der Waals surface area (Å²) in [6, 6.07) is 4.78. The van der Waals surface area contributed by atoms with Crippen molar-refractivity contribution in [3.8, 4) is 0 Å². The fourth-order valence-corrected chi connectivity index (χ4v) is 1.45. The molecule has 0 aliphatic heterocycles. The van der Waals surface area contributed by atoms with Crippen LogP contribution in [0.25, 0.3) is 0 Å². The topological polar surface area (TPSA) is 107 Å². The molecule has 1 aromatic carbocycles. The quantitative estimate of drug-likeness (QED) is 0.546. The molecule has 0 bridgehead atoms. The van der Waals surface area contributed by atoms with Gasteiger partial charge in [-0.2, -0.15) is 0 Å². The van der Waals surface area contributed by atoms with Gasteiger partial charge in [0.1, 0.15) is 6.61 Å². The van der Waals surface area contributed by atoms with E-state index >= 15 is 0 Å². The molecule has 7 heteroatoms. The van der Waals surface area contributed by atoms with Gasteiger partial charge < -0.3 is 21.5 Å². The predicted molar refractivity (Wildman–Crippen MR) is 63.7 cm³/mol. The number of primary amides is 1. The highest BCUT2D eigenvalue weighted by Gasteiger charge is 2.13. The van der Waals surface area contributed by atoms with Gasteiger partial charge in [-0.05, 0) is 12.1 Å².